The molecule has 0 heterocycles. The molecular formula is C17H23N3O2. The fraction of sp³-hybridized carbons (Fsp3) is 0.353. The summed E-state index contributed by atoms with van der Waals surface area (Å²) in [5.41, 5.74) is 1.20. The van der Waals surface area contributed by atoms with Crippen LogP contribution in [0.4, 0.5) is 0 Å². The fourth-order valence-corrected chi connectivity index (χ4v) is 2.19. The first kappa shape index (κ1) is 16.1. The smallest absolute Gasteiger partial charge is 0.191 e. The Morgan fingerprint density at radius 3 is 2.55 bits per heavy atom. The van der Waals surface area contributed by atoms with Crippen molar-refractivity contribution in [2.75, 3.05) is 34.4 Å². The molecule has 0 aliphatic heterocycles. The van der Waals surface area contributed by atoms with Crippen molar-refractivity contribution < 1.29 is 9.47 Å². The van der Waals surface area contributed by atoms with E-state index in [1.165, 1.54) is 16.3 Å². The molecule has 0 radical (unpaired) electrons. The van der Waals surface area contributed by atoms with Crippen molar-refractivity contribution in [3.63, 3.8) is 0 Å². The number of hydrogen-bond acceptors (Lipinski definition) is 3. The molecule has 5 nitrogen and oxygen atoms in total. The van der Waals surface area contributed by atoms with Gasteiger partial charge in [0.2, 0.25) is 0 Å². The van der Waals surface area contributed by atoms with Gasteiger partial charge in [0, 0.05) is 27.2 Å². The number of fused-ring (bicyclic) bond motifs is 1. The van der Waals surface area contributed by atoms with Crippen LogP contribution in [0.5, 0.6) is 5.75 Å². The number of benzene rings is 2. The molecule has 5 heteroatoms. The van der Waals surface area contributed by atoms with Gasteiger partial charge in [0.1, 0.15) is 5.75 Å². The van der Waals surface area contributed by atoms with Gasteiger partial charge >= 0.3 is 0 Å². The van der Waals surface area contributed by atoms with Crippen LogP contribution in [0.1, 0.15) is 5.56 Å². The summed E-state index contributed by atoms with van der Waals surface area (Å²) in [6.45, 7) is 2.10. The Labute approximate surface area is 131 Å². The van der Waals surface area contributed by atoms with Crippen LogP contribution in [0.15, 0.2) is 41.4 Å². The summed E-state index contributed by atoms with van der Waals surface area (Å²) in [7, 11) is 5.12. The lowest BCUT2D eigenvalue weighted by atomic mass is 10.1. The average molecular weight is 301 g/mol. The predicted molar refractivity (Wildman–Crippen MR) is 90.6 cm³/mol. The van der Waals surface area contributed by atoms with E-state index in [2.05, 4.69) is 39.9 Å². The van der Waals surface area contributed by atoms with Crippen molar-refractivity contribution >= 4 is 16.7 Å². The lowest BCUT2D eigenvalue weighted by Gasteiger charge is -2.12. The molecule has 118 valence electrons. The van der Waals surface area contributed by atoms with Gasteiger partial charge in [0.15, 0.2) is 5.96 Å². The summed E-state index contributed by atoms with van der Waals surface area (Å²) in [6, 6.07) is 12.5. The zero-order chi connectivity index (χ0) is 15.8. The van der Waals surface area contributed by atoms with Crippen LogP contribution >= 0.6 is 0 Å². The monoisotopic (exact) mass is 301 g/mol. The van der Waals surface area contributed by atoms with Gasteiger partial charge in [0.05, 0.1) is 13.7 Å². The van der Waals surface area contributed by atoms with Gasteiger partial charge in [-0.05, 0) is 34.5 Å². The van der Waals surface area contributed by atoms with Crippen LogP contribution in [-0.4, -0.2) is 40.4 Å². The Kier molecular flexibility index (Phi) is 6.03. The number of guanidine groups is 1. The molecule has 0 atom stereocenters. The second-order valence-electron chi connectivity index (χ2n) is 4.89. The summed E-state index contributed by atoms with van der Waals surface area (Å²) < 4.78 is 10.3. The Morgan fingerprint density at radius 1 is 1.05 bits per heavy atom. The second-order valence-corrected chi connectivity index (χ2v) is 4.89. The molecule has 0 spiro atoms. The summed E-state index contributed by atoms with van der Waals surface area (Å²) in [5, 5.41) is 8.85. The molecule has 2 rings (SSSR count). The van der Waals surface area contributed by atoms with Crippen molar-refractivity contribution in [2.24, 2.45) is 4.99 Å². The number of aliphatic imine (C=N–C) groups is 1. The highest BCUT2D eigenvalue weighted by Crippen LogP contribution is 2.21. The molecular weight excluding hydrogens is 278 g/mol. The molecule has 0 amide bonds. The van der Waals surface area contributed by atoms with Crippen LogP contribution in [0.3, 0.4) is 0 Å². The first-order valence-electron chi connectivity index (χ1n) is 7.27. The third-order valence-electron chi connectivity index (χ3n) is 3.39. The highest BCUT2D eigenvalue weighted by atomic mass is 16.5. The van der Waals surface area contributed by atoms with Gasteiger partial charge in [-0.25, -0.2) is 0 Å². The van der Waals surface area contributed by atoms with Crippen molar-refractivity contribution in [3.05, 3.63) is 42.0 Å². The van der Waals surface area contributed by atoms with Crippen molar-refractivity contribution in [1.29, 1.82) is 0 Å². The van der Waals surface area contributed by atoms with E-state index in [1.54, 1.807) is 21.3 Å². The van der Waals surface area contributed by atoms with Crippen LogP contribution in [0, 0.1) is 0 Å². The van der Waals surface area contributed by atoms with E-state index < -0.39 is 0 Å². The van der Waals surface area contributed by atoms with Gasteiger partial charge in [0.25, 0.3) is 0 Å². The molecule has 0 bridgehead atoms. The molecule has 2 aromatic rings. The minimum absolute atomic E-state index is 0.651. The van der Waals surface area contributed by atoms with E-state index in [9.17, 15) is 0 Å². The number of methoxy groups -OCH3 is 2. The average Bonchev–Trinajstić information content (AvgIpc) is 2.57. The van der Waals surface area contributed by atoms with Gasteiger partial charge < -0.3 is 20.1 Å². The van der Waals surface area contributed by atoms with E-state index >= 15 is 0 Å². The van der Waals surface area contributed by atoms with Gasteiger partial charge in [-0.2, -0.15) is 0 Å². The Morgan fingerprint density at radius 2 is 1.82 bits per heavy atom. The molecule has 0 unspecified atom stereocenters. The molecule has 0 fully saturated rings. The summed E-state index contributed by atoms with van der Waals surface area (Å²) in [5.74, 6) is 1.65. The molecule has 2 aromatic carbocycles. The second kappa shape index (κ2) is 8.24. The zero-order valence-electron chi connectivity index (χ0n) is 13.3. The van der Waals surface area contributed by atoms with Gasteiger partial charge in [-0.1, -0.05) is 18.2 Å². The van der Waals surface area contributed by atoms with Gasteiger partial charge in [-0.3, -0.25) is 4.99 Å². The number of hydrogen-bond donors (Lipinski definition) is 2. The normalized spacial score (nSPS) is 11.5. The van der Waals surface area contributed by atoms with E-state index in [0.29, 0.717) is 13.2 Å². The van der Waals surface area contributed by atoms with Crippen molar-refractivity contribution in [3.8, 4) is 5.75 Å². The molecule has 0 aliphatic carbocycles. The third kappa shape index (κ3) is 4.36. The Balaban J connectivity index is 1.99. The summed E-state index contributed by atoms with van der Waals surface area (Å²) in [4.78, 5) is 4.18. The maximum atomic E-state index is 5.25. The minimum atomic E-state index is 0.651. The standard InChI is InChI=1S/C17H23N3O2/c1-18-17(19-8-9-21-2)20-12-13-4-5-15-11-16(22-3)7-6-14(15)10-13/h4-7,10-11H,8-9,12H2,1-3H3,(H2,18,19,20). The van der Waals surface area contributed by atoms with Crippen molar-refractivity contribution in [2.45, 2.75) is 6.54 Å². The SMILES string of the molecule is CN=C(NCCOC)NCc1ccc2cc(OC)ccc2c1. The zero-order valence-corrected chi connectivity index (χ0v) is 13.3. The maximum Gasteiger partial charge on any atom is 0.191 e. The highest BCUT2D eigenvalue weighted by Gasteiger charge is 2.01. The number of ether oxygens (including phenoxy) is 2. The minimum Gasteiger partial charge on any atom is -0.497 e. The molecule has 22 heavy (non-hydrogen) atoms. The summed E-state index contributed by atoms with van der Waals surface area (Å²) >= 11 is 0. The van der Waals surface area contributed by atoms with Crippen LogP contribution in [0.2, 0.25) is 0 Å². The number of nitrogens with zero attached hydrogens (tertiary/aromatic N) is 1. The summed E-state index contributed by atoms with van der Waals surface area (Å²) in [6.07, 6.45) is 0. The van der Waals surface area contributed by atoms with E-state index in [-0.39, 0.29) is 0 Å². The number of nitrogens with one attached hydrogen (secondary N) is 2. The third-order valence-corrected chi connectivity index (χ3v) is 3.39. The lowest BCUT2D eigenvalue weighted by Crippen LogP contribution is -2.38. The Hall–Kier alpha value is -2.27. The fourth-order valence-electron chi connectivity index (χ4n) is 2.19. The Bertz CT molecular complexity index is 641. The topological polar surface area (TPSA) is 54.9 Å². The molecule has 0 saturated heterocycles. The predicted octanol–water partition coefficient (Wildman–Crippen LogP) is 2.16. The maximum absolute atomic E-state index is 5.25. The highest BCUT2D eigenvalue weighted by molar-refractivity contribution is 5.85. The van der Waals surface area contributed by atoms with E-state index in [1.807, 2.05) is 12.1 Å². The van der Waals surface area contributed by atoms with Crippen molar-refractivity contribution in [1.82, 2.24) is 10.6 Å². The lowest BCUT2D eigenvalue weighted by molar-refractivity contribution is 0.203. The largest absolute Gasteiger partial charge is 0.497 e. The van der Waals surface area contributed by atoms with Crippen LogP contribution in [-0.2, 0) is 11.3 Å². The van der Waals surface area contributed by atoms with Crippen LogP contribution in [0.25, 0.3) is 10.8 Å². The molecule has 0 aromatic heterocycles. The number of rotatable bonds is 6. The molecule has 0 aliphatic rings. The van der Waals surface area contributed by atoms with Crippen LogP contribution < -0.4 is 15.4 Å². The molecule has 2 N–H and O–H groups in total. The quantitative estimate of drug-likeness (QED) is 0.488. The van der Waals surface area contributed by atoms with E-state index in [4.69, 9.17) is 9.47 Å². The first-order valence-corrected chi connectivity index (χ1v) is 7.27. The molecule has 0 saturated carbocycles. The first-order chi connectivity index (χ1) is 10.8. The van der Waals surface area contributed by atoms with Gasteiger partial charge in [-0.15, -0.1) is 0 Å². The van der Waals surface area contributed by atoms with E-state index in [0.717, 1.165) is 18.3 Å².